The van der Waals surface area contributed by atoms with Crippen molar-refractivity contribution in [2.75, 3.05) is 7.11 Å². The molecule has 182 valence electrons. The molecule has 2 saturated carbocycles. The van der Waals surface area contributed by atoms with Crippen molar-refractivity contribution in [1.82, 2.24) is 0 Å². The van der Waals surface area contributed by atoms with Crippen LogP contribution in [0.1, 0.15) is 74.1 Å². The van der Waals surface area contributed by atoms with Gasteiger partial charge < -0.3 is 13.9 Å². The minimum atomic E-state index is -0.437. The van der Waals surface area contributed by atoms with Crippen molar-refractivity contribution in [1.29, 1.82) is 0 Å². The molecule has 5 nitrogen and oxygen atoms in total. The van der Waals surface area contributed by atoms with Crippen LogP contribution in [0.2, 0.25) is 0 Å². The first kappa shape index (κ1) is 24.3. The quantitative estimate of drug-likeness (QED) is 0.345. The lowest BCUT2D eigenvalue weighted by Gasteiger charge is -2.57. The number of carbonyl (C=O) groups excluding carboxylic acids is 2. The van der Waals surface area contributed by atoms with E-state index < -0.39 is 5.41 Å². The minimum Gasteiger partial charge on any atom is -0.469 e. The van der Waals surface area contributed by atoms with E-state index in [9.17, 15) is 9.59 Å². The van der Waals surface area contributed by atoms with Crippen molar-refractivity contribution in [3.63, 3.8) is 0 Å². The van der Waals surface area contributed by atoms with Crippen LogP contribution in [0.25, 0.3) is 0 Å². The van der Waals surface area contributed by atoms with Gasteiger partial charge in [0, 0.05) is 0 Å². The molecule has 34 heavy (non-hydrogen) atoms. The maximum absolute atomic E-state index is 12.8. The minimum absolute atomic E-state index is 0.0141. The van der Waals surface area contributed by atoms with E-state index in [-0.39, 0.29) is 29.9 Å². The van der Waals surface area contributed by atoms with E-state index in [4.69, 9.17) is 13.9 Å². The third-order valence-electron chi connectivity index (χ3n) is 8.56. The summed E-state index contributed by atoms with van der Waals surface area (Å²) in [5.74, 6) is 0.864. The van der Waals surface area contributed by atoms with E-state index in [0.717, 1.165) is 50.5 Å². The Morgan fingerprint density at radius 3 is 2.65 bits per heavy atom. The Labute approximate surface area is 202 Å². The second-order valence-electron chi connectivity index (χ2n) is 10.4. The molecule has 1 heterocycles. The zero-order chi connectivity index (χ0) is 24.3. The molecule has 2 aliphatic rings. The first-order valence-electron chi connectivity index (χ1n) is 12.3. The Balaban J connectivity index is 1.45. The van der Waals surface area contributed by atoms with Crippen LogP contribution < -0.4 is 0 Å². The molecular weight excluding hydrogens is 428 g/mol. The zero-order valence-corrected chi connectivity index (χ0v) is 20.6. The molecule has 2 fully saturated rings. The van der Waals surface area contributed by atoms with Crippen LogP contribution in [-0.2, 0) is 27.3 Å². The molecule has 0 amide bonds. The summed E-state index contributed by atoms with van der Waals surface area (Å²) in [4.78, 5) is 25.1. The predicted molar refractivity (Wildman–Crippen MR) is 130 cm³/mol. The Bertz CT molecular complexity index is 1040. The van der Waals surface area contributed by atoms with Crippen molar-refractivity contribution in [2.24, 2.45) is 22.7 Å². The Kier molecular flexibility index (Phi) is 7.01. The molecule has 2 aromatic rings. The number of furan rings is 1. The van der Waals surface area contributed by atoms with Crippen LogP contribution in [0.15, 0.2) is 59.2 Å². The van der Waals surface area contributed by atoms with Crippen LogP contribution >= 0.6 is 0 Å². The summed E-state index contributed by atoms with van der Waals surface area (Å²) in [6.45, 7) is 9.01. The molecular formula is C29H36O5. The maximum Gasteiger partial charge on any atom is 0.338 e. The summed E-state index contributed by atoms with van der Waals surface area (Å²) < 4.78 is 16.4. The smallest absolute Gasteiger partial charge is 0.338 e. The molecule has 4 atom stereocenters. The number of ether oxygens (including phenoxy) is 2. The number of fused-ring (bicyclic) bond motifs is 1. The topological polar surface area (TPSA) is 65.7 Å². The Morgan fingerprint density at radius 2 is 1.91 bits per heavy atom. The lowest BCUT2D eigenvalue weighted by atomic mass is 9.46. The van der Waals surface area contributed by atoms with Crippen LogP contribution in [0.4, 0.5) is 0 Å². The van der Waals surface area contributed by atoms with Crippen LogP contribution in [0.3, 0.4) is 0 Å². The summed E-state index contributed by atoms with van der Waals surface area (Å²) in [6.07, 6.45) is 8.36. The SMILES string of the molecule is C=C1CCC2C(C)(C(=O)OC)CCC[C@]2(C)[C@H]1CCc1ccoc1COC(=O)c1ccccc1. The van der Waals surface area contributed by atoms with E-state index >= 15 is 0 Å². The number of hydrogen-bond acceptors (Lipinski definition) is 5. The van der Waals surface area contributed by atoms with E-state index in [2.05, 4.69) is 20.4 Å². The third-order valence-corrected chi connectivity index (χ3v) is 8.56. The van der Waals surface area contributed by atoms with E-state index in [1.54, 1.807) is 18.4 Å². The molecule has 2 unspecified atom stereocenters. The van der Waals surface area contributed by atoms with Crippen molar-refractivity contribution in [3.8, 4) is 0 Å². The molecule has 0 bridgehead atoms. The number of methoxy groups -OCH3 is 1. The fourth-order valence-corrected chi connectivity index (χ4v) is 6.76. The Morgan fingerprint density at radius 1 is 1.15 bits per heavy atom. The molecule has 5 heteroatoms. The monoisotopic (exact) mass is 464 g/mol. The average molecular weight is 465 g/mol. The highest BCUT2D eigenvalue weighted by Gasteiger charge is 2.57. The third kappa shape index (κ3) is 4.45. The summed E-state index contributed by atoms with van der Waals surface area (Å²) in [6, 6.07) is 10.9. The standard InChI is InChI=1S/C29H36O5/c1-20-11-14-25-28(2,16-8-17-29(25,3)27(31)32-4)23(20)13-12-21-15-18-33-24(21)19-34-26(30)22-9-6-5-7-10-22/h5-7,9-10,15,18,23,25H,1,8,11-14,16-17,19H2,2-4H3/t23-,25?,28+,29?/m0/s1. The van der Waals surface area contributed by atoms with Crippen LogP contribution in [0, 0.1) is 22.7 Å². The van der Waals surface area contributed by atoms with Gasteiger partial charge in [0.1, 0.15) is 12.4 Å². The fraction of sp³-hybridized carbons (Fsp3) is 0.517. The van der Waals surface area contributed by atoms with Crippen LogP contribution in [0.5, 0.6) is 0 Å². The molecule has 1 aromatic heterocycles. The number of benzene rings is 1. The van der Waals surface area contributed by atoms with Gasteiger partial charge in [-0.25, -0.2) is 4.79 Å². The fourth-order valence-electron chi connectivity index (χ4n) is 6.76. The van der Waals surface area contributed by atoms with Gasteiger partial charge in [0.15, 0.2) is 0 Å². The van der Waals surface area contributed by atoms with Gasteiger partial charge in [0.2, 0.25) is 0 Å². The molecule has 0 aliphatic heterocycles. The van der Waals surface area contributed by atoms with Gasteiger partial charge in [-0.05, 0) is 86.5 Å². The zero-order valence-electron chi connectivity index (χ0n) is 20.6. The summed E-state index contributed by atoms with van der Waals surface area (Å²) in [5, 5.41) is 0. The van der Waals surface area contributed by atoms with E-state index in [1.165, 1.54) is 12.7 Å². The van der Waals surface area contributed by atoms with Crippen molar-refractivity contribution in [2.45, 2.75) is 65.4 Å². The van der Waals surface area contributed by atoms with Gasteiger partial charge >= 0.3 is 11.9 Å². The predicted octanol–water partition coefficient (Wildman–Crippen LogP) is 6.52. The number of rotatable bonds is 7. The summed E-state index contributed by atoms with van der Waals surface area (Å²) in [7, 11) is 1.50. The average Bonchev–Trinajstić information content (AvgIpc) is 3.29. The van der Waals surface area contributed by atoms with Gasteiger partial charge in [-0.15, -0.1) is 0 Å². The van der Waals surface area contributed by atoms with Crippen molar-refractivity contribution in [3.05, 3.63) is 71.7 Å². The van der Waals surface area contributed by atoms with Crippen LogP contribution in [-0.4, -0.2) is 19.0 Å². The first-order valence-corrected chi connectivity index (χ1v) is 12.3. The highest BCUT2D eigenvalue weighted by molar-refractivity contribution is 5.89. The summed E-state index contributed by atoms with van der Waals surface area (Å²) in [5.41, 5.74) is 2.45. The molecule has 0 saturated heterocycles. The number of allylic oxidation sites excluding steroid dienone is 1. The molecule has 0 N–H and O–H groups in total. The molecule has 4 rings (SSSR count). The van der Waals surface area contributed by atoms with Gasteiger partial charge in [0.25, 0.3) is 0 Å². The lowest BCUT2D eigenvalue weighted by Crippen LogP contribution is -2.53. The van der Waals surface area contributed by atoms with Gasteiger partial charge in [-0.3, -0.25) is 4.79 Å². The second-order valence-corrected chi connectivity index (χ2v) is 10.4. The van der Waals surface area contributed by atoms with Gasteiger partial charge in [-0.1, -0.05) is 43.7 Å². The van der Waals surface area contributed by atoms with E-state index in [0.29, 0.717) is 17.2 Å². The lowest BCUT2D eigenvalue weighted by molar-refractivity contribution is -0.168. The summed E-state index contributed by atoms with van der Waals surface area (Å²) >= 11 is 0. The molecule has 1 aromatic carbocycles. The van der Waals surface area contributed by atoms with Gasteiger partial charge in [0.05, 0.1) is 24.4 Å². The van der Waals surface area contributed by atoms with Gasteiger partial charge in [-0.2, -0.15) is 0 Å². The number of hydrogen-bond donors (Lipinski definition) is 0. The largest absolute Gasteiger partial charge is 0.469 e. The Hall–Kier alpha value is -2.82. The number of esters is 2. The maximum atomic E-state index is 12.8. The molecule has 0 spiro atoms. The van der Waals surface area contributed by atoms with E-state index in [1.807, 2.05) is 24.3 Å². The number of carbonyl (C=O) groups is 2. The highest BCUT2D eigenvalue weighted by Crippen LogP contribution is 2.62. The van der Waals surface area contributed by atoms with Crippen molar-refractivity contribution < 1.29 is 23.5 Å². The first-order chi connectivity index (χ1) is 16.3. The molecule has 0 radical (unpaired) electrons. The second kappa shape index (κ2) is 9.81. The molecule has 2 aliphatic carbocycles. The van der Waals surface area contributed by atoms with Crippen molar-refractivity contribution >= 4 is 11.9 Å². The highest BCUT2D eigenvalue weighted by atomic mass is 16.5. The normalized spacial score (nSPS) is 28.7. The number of aryl methyl sites for hydroxylation is 1.